The number of anilines is 1. The van der Waals surface area contributed by atoms with Crippen LogP contribution in [-0.2, 0) is 10.0 Å². The van der Waals surface area contributed by atoms with Crippen LogP contribution in [0.25, 0.3) is 33.1 Å². The lowest BCUT2D eigenvalue weighted by atomic mass is 10.00. The summed E-state index contributed by atoms with van der Waals surface area (Å²) in [5.41, 5.74) is 4.40. The molecule has 1 aliphatic rings. The summed E-state index contributed by atoms with van der Waals surface area (Å²) in [6.45, 7) is 5.89. The van der Waals surface area contributed by atoms with Gasteiger partial charge in [-0.15, -0.1) is 0 Å². The van der Waals surface area contributed by atoms with Gasteiger partial charge in [-0.3, -0.25) is 4.79 Å². The number of piperazine rings is 1. The zero-order valence-electron chi connectivity index (χ0n) is 22.0. The molecule has 6 rings (SSSR count). The molecule has 0 aliphatic carbocycles. The van der Waals surface area contributed by atoms with Crippen LogP contribution in [0.4, 0.5) is 5.69 Å². The van der Waals surface area contributed by atoms with Crippen molar-refractivity contribution in [3.05, 3.63) is 90.6 Å². The fourth-order valence-corrected chi connectivity index (χ4v) is 6.87. The average Bonchev–Trinajstić information content (AvgIpc) is 3.32. The van der Waals surface area contributed by atoms with Crippen molar-refractivity contribution in [2.75, 3.05) is 38.1 Å². The number of benzene rings is 3. The Labute approximate surface area is 228 Å². The molecule has 1 aliphatic heterocycles. The highest BCUT2D eigenvalue weighted by Gasteiger charge is 2.26. The molecule has 2 aromatic heterocycles. The average molecular weight is 539 g/mol. The number of aromatic nitrogens is 2. The van der Waals surface area contributed by atoms with Crippen molar-refractivity contribution >= 4 is 43.4 Å². The van der Waals surface area contributed by atoms with Crippen LogP contribution in [0.15, 0.2) is 90.0 Å². The maximum absolute atomic E-state index is 13.9. The molecule has 0 spiro atoms. The van der Waals surface area contributed by atoms with Crippen LogP contribution in [0.2, 0.25) is 0 Å². The Bertz CT molecular complexity index is 1790. The van der Waals surface area contributed by atoms with E-state index in [0.717, 1.165) is 37.3 Å². The topological polar surface area (TPSA) is 75.5 Å². The van der Waals surface area contributed by atoms with Crippen LogP contribution < -0.4 is 4.90 Å². The first kappa shape index (κ1) is 25.3. The Kier molecular flexibility index (Phi) is 6.45. The summed E-state index contributed by atoms with van der Waals surface area (Å²) >= 11 is 0. The molecule has 0 radical (unpaired) electrons. The van der Waals surface area contributed by atoms with Gasteiger partial charge in [0, 0.05) is 60.8 Å². The predicted octanol–water partition coefficient (Wildman–Crippen LogP) is 5.44. The predicted molar refractivity (Wildman–Crippen MR) is 156 cm³/mol. The van der Waals surface area contributed by atoms with Crippen molar-refractivity contribution in [2.45, 2.75) is 18.2 Å². The number of rotatable bonds is 6. The Hall–Kier alpha value is -4.01. The smallest absolute Gasteiger partial charge is 0.269 e. The minimum atomic E-state index is -3.96. The third-order valence-electron chi connectivity index (χ3n) is 7.58. The quantitative estimate of drug-likeness (QED) is 0.268. The molecule has 3 aromatic carbocycles. The first-order chi connectivity index (χ1) is 18.9. The lowest BCUT2D eigenvalue weighted by molar-refractivity contribution is 0.0989. The Morgan fingerprint density at radius 2 is 1.56 bits per heavy atom. The molecular formula is C31H30N4O3S. The van der Waals surface area contributed by atoms with Gasteiger partial charge in [0.1, 0.15) is 0 Å². The third kappa shape index (κ3) is 4.39. The van der Waals surface area contributed by atoms with Gasteiger partial charge in [0.2, 0.25) is 0 Å². The summed E-state index contributed by atoms with van der Waals surface area (Å²) in [6, 6.07) is 24.2. The summed E-state index contributed by atoms with van der Waals surface area (Å²) in [4.78, 5) is 22.3. The highest BCUT2D eigenvalue weighted by molar-refractivity contribution is 7.90. The van der Waals surface area contributed by atoms with Crippen LogP contribution in [0.1, 0.15) is 23.7 Å². The fraction of sp³-hybridized carbons (Fsp3) is 0.226. The van der Waals surface area contributed by atoms with Gasteiger partial charge >= 0.3 is 0 Å². The van der Waals surface area contributed by atoms with Gasteiger partial charge in [-0.2, -0.15) is 0 Å². The first-order valence-electron chi connectivity index (χ1n) is 13.2. The van der Waals surface area contributed by atoms with Crippen molar-refractivity contribution in [3.8, 4) is 11.1 Å². The van der Waals surface area contributed by atoms with Crippen molar-refractivity contribution in [1.82, 2.24) is 13.9 Å². The second kappa shape index (κ2) is 9.94. The van der Waals surface area contributed by atoms with E-state index < -0.39 is 10.0 Å². The van der Waals surface area contributed by atoms with Gasteiger partial charge in [0.25, 0.3) is 10.0 Å². The Balaban J connectivity index is 1.52. The van der Waals surface area contributed by atoms with Gasteiger partial charge in [-0.25, -0.2) is 17.4 Å². The molecular weight excluding hydrogens is 508 g/mol. The van der Waals surface area contributed by atoms with Gasteiger partial charge in [0.15, 0.2) is 11.4 Å². The molecule has 39 heavy (non-hydrogen) atoms. The van der Waals surface area contributed by atoms with Crippen molar-refractivity contribution in [1.29, 1.82) is 0 Å². The number of hydrogen-bond acceptors (Lipinski definition) is 6. The minimum Gasteiger partial charge on any atom is -0.369 e. The van der Waals surface area contributed by atoms with Crippen molar-refractivity contribution < 1.29 is 13.2 Å². The molecule has 7 nitrogen and oxygen atoms in total. The Morgan fingerprint density at radius 3 is 2.26 bits per heavy atom. The summed E-state index contributed by atoms with van der Waals surface area (Å²) in [6.07, 6.45) is 1.82. The molecule has 1 saturated heterocycles. The van der Waals surface area contributed by atoms with E-state index in [1.54, 1.807) is 36.4 Å². The van der Waals surface area contributed by atoms with Gasteiger partial charge < -0.3 is 9.80 Å². The highest BCUT2D eigenvalue weighted by atomic mass is 32.2. The van der Waals surface area contributed by atoms with Crippen LogP contribution in [-0.4, -0.2) is 61.3 Å². The van der Waals surface area contributed by atoms with E-state index in [1.165, 1.54) is 15.9 Å². The molecule has 0 N–H and O–H groups in total. The molecule has 0 atom stereocenters. The molecule has 0 bridgehead atoms. The largest absolute Gasteiger partial charge is 0.369 e. The SMILES string of the molecule is CCC(=O)c1ccnc2c1c1cc(-c3ccc(N4CCN(C)CC4)cc3)ccc1n2S(=O)(=O)c1ccccc1. The monoisotopic (exact) mass is 538 g/mol. The van der Waals surface area contributed by atoms with E-state index in [9.17, 15) is 13.2 Å². The van der Waals surface area contributed by atoms with E-state index in [0.29, 0.717) is 28.3 Å². The van der Waals surface area contributed by atoms with Gasteiger partial charge in [-0.05, 0) is 60.6 Å². The normalized spacial score (nSPS) is 14.8. The summed E-state index contributed by atoms with van der Waals surface area (Å²) < 4.78 is 29.0. The van der Waals surface area contributed by atoms with E-state index in [1.807, 2.05) is 25.1 Å². The second-order valence-corrected chi connectivity index (χ2v) is 11.8. The highest BCUT2D eigenvalue weighted by Crippen LogP contribution is 2.36. The molecule has 1 fully saturated rings. The molecule has 5 aromatic rings. The first-order valence-corrected chi connectivity index (χ1v) is 14.6. The molecule has 0 saturated carbocycles. The summed E-state index contributed by atoms with van der Waals surface area (Å²) in [7, 11) is -1.82. The number of likely N-dealkylation sites (N-methyl/N-ethyl adjacent to an activating group) is 1. The number of fused-ring (bicyclic) bond motifs is 3. The van der Waals surface area contributed by atoms with Crippen molar-refractivity contribution in [2.24, 2.45) is 0 Å². The number of carbonyl (C=O) groups is 1. The van der Waals surface area contributed by atoms with Gasteiger partial charge in [-0.1, -0.05) is 43.3 Å². The second-order valence-electron chi connectivity index (χ2n) is 9.99. The molecule has 0 unspecified atom stereocenters. The van der Waals surface area contributed by atoms with E-state index in [4.69, 9.17) is 0 Å². The number of Topliss-reactive ketones (excluding diaryl/α,β-unsaturated/α-hetero) is 1. The number of pyridine rings is 1. The summed E-state index contributed by atoms with van der Waals surface area (Å²) in [5, 5.41) is 1.25. The van der Waals surface area contributed by atoms with E-state index >= 15 is 0 Å². The number of ketones is 1. The molecule has 3 heterocycles. The van der Waals surface area contributed by atoms with Crippen LogP contribution in [0.5, 0.6) is 0 Å². The number of carbonyl (C=O) groups excluding carboxylic acids is 1. The van der Waals surface area contributed by atoms with Crippen LogP contribution in [0.3, 0.4) is 0 Å². The zero-order valence-corrected chi connectivity index (χ0v) is 22.9. The third-order valence-corrected chi connectivity index (χ3v) is 9.30. The maximum atomic E-state index is 13.9. The van der Waals surface area contributed by atoms with Crippen molar-refractivity contribution in [3.63, 3.8) is 0 Å². The maximum Gasteiger partial charge on any atom is 0.269 e. The zero-order chi connectivity index (χ0) is 27.1. The standard InChI is InChI=1S/C31H30N4O3S/c1-3-29(36)26-15-16-32-31-30(26)27-21-23(22-9-12-24(13-10-22)34-19-17-33(2)18-20-34)11-14-28(27)35(31)39(37,38)25-7-5-4-6-8-25/h4-16,21H,3,17-20H2,1-2H3. The lowest BCUT2D eigenvalue weighted by Crippen LogP contribution is -2.44. The van der Waals surface area contributed by atoms with Gasteiger partial charge in [0.05, 0.1) is 10.4 Å². The lowest BCUT2D eigenvalue weighted by Gasteiger charge is -2.34. The number of hydrogen-bond donors (Lipinski definition) is 0. The van der Waals surface area contributed by atoms with Crippen LogP contribution >= 0.6 is 0 Å². The molecule has 198 valence electrons. The number of nitrogens with zero attached hydrogens (tertiary/aromatic N) is 4. The van der Waals surface area contributed by atoms with Crippen LogP contribution in [0, 0.1) is 0 Å². The minimum absolute atomic E-state index is 0.0551. The molecule has 8 heteroatoms. The molecule has 0 amide bonds. The van der Waals surface area contributed by atoms with E-state index in [2.05, 4.69) is 46.1 Å². The fourth-order valence-electron chi connectivity index (χ4n) is 5.37. The van der Waals surface area contributed by atoms with E-state index in [-0.39, 0.29) is 16.3 Å². The summed E-state index contributed by atoms with van der Waals surface area (Å²) in [5.74, 6) is -0.0551. The Morgan fingerprint density at radius 1 is 0.872 bits per heavy atom.